The van der Waals surface area contributed by atoms with Crippen molar-refractivity contribution >= 4 is 11.8 Å². The van der Waals surface area contributed by atoms with Gasteiger partial charge in [-0.3, -0.25) is 0 Å². The molecule has 1 rings (SSSR count). The molecule has 0 N–H and O–H groups in total. The predicted octanol–water partition coefficient (Wildman–Crippen LogP) is 2.35. The molecule has 2 atom stereocenters. The van der Waals surface area contributed by atoms with Crippen LogP contribution in [0, 0.1) is 0 Å². The molecule has 0 radical (unpaired) electrons. The van der Waals surface area contributed by atoms with Crippen molar-refractivity contribution in [2.45, 2.75) is 31.6 Å². The highest BCUT2D eigenvalue weighted by atomic mass is 32.2. The molecule has 0 aliphatic carbocycles. The maximum atomic E-state index is 2.43. The second kappa shape index (κ2) is 4.17. The van der Waals surface area contributed by atoms with Crippen LogP contribution >= 0.6 is 11.8 Å². The molecule has 0 saturated heterocycles. The molecule has 2 unspecified atom stereocenters. The van der Waals surface area contributed by atoms with Crippen LogP contribution in [0.5, 0.6) is 0 Å². The first-order valence-corrected chi connectivity index (χ1v) is 5.17. The van der Waals surface area contributed by atoms with Crippen LogP contribution in [0.4, 0.5) is 0 Å². The molecule has 0 amide bonds. The Labute approximate surface area is 73.8 Å². The van der Waals surface area contributed by atoms with Crippen LogP contribution in [-0.2, 0) is 0 Å². The van der Waals surface area contributed by atoms with Crippen molar-refractivity contribution in [1.82, 2.24) is 4.90 Å². The largest absolute Gasteiger partial charge is 0.302 e. The van der Waals surface area contributed by atoms with Crippen LogP contribution in [0.25, 0.3) is 0 Å². The van der Waals surface area contributed by atoms with Gasteiger partial charge in [0.05, 0.1) is 0 Å². The zero-order chi connectivity index (χ0) is 8.27. The molecule has 0 spiro atoms. The number of thioether (sulfide) groups is 1. The number of hydrogen-bond acceptors (Lipinski definition) is 2. The smallest absolute Gasteiger partial charge is 0.0213 e. The van der Waals surface area contributed by atoms with Gasteiger partial charge in [0.2, 0.25) is 0 Å². The van der Waals surface area contributed by atoms with E-state index in [0.29, 0.717) is 6.04 Å². The molecule has 0 aromatic heterocycles. The molecule has 1 heterocycles. The first-order chi connectivity index (χ1) is 5.22. The first kappa shape index (κ1) is 9.14. The van der Waals surface area contributed by atoms with E-state index in [9.17, 15) is 0 Å². The molecule has 0 aromatic carbocycles. The van der Waals surface area contributed by atoms with Crippen molar-refractivity contribution in [3.63, 3.8) is 0 Å². The lowest BCUT2D eigenvalue weighted by Crippen LogP contribution is -2.36. The Kier molecular flexibility index (Phi) is 3.46. The van der Waals surface area contributed by atoms with Gasteiger partial charge in [0.15, 0.2) is 0 Å². The van der Waals surface area contributed by atoms with Crippen molar-refractivity contribution < 1.29 is 0 Å². The minimum absolute atomic E-state index is 0.699. The highest BCUT2D eigenvalue weighted by molar-refractivity contribution is 8.02. The van der Waals surface area contributed by atoms with Gasteiger partial charge in [-0.2, -0.15) is 0 Å². The Morgan fingerprint density at radius 1 is 1.45 bits per heavy atom. The fraction of sp³-hybridized carbons (Fsp3) is 0.778. The summed E-state index contributed by atoms with van der Waals surface area (Å²) in [6.45, 7) is 5.79. The van der Waals surface area contributed by atoms with Gasteiger partial charge in [-0.25, -0.2) is 0 Å². The van der Waals surface area contributed by atoms with E-state index in [1.807, 2.05) is 11.8 Å². The standard InChI is InChI=1S/C9H17NS/c1-8-9(2)11-7-5-4-6-10(8)3/h5,7-9H,4,6H2,1-3H3/b7-5-. The molecule has 1 aliphatic rings. The summed E-state index contributed by atoms with van der Waals surface area (Å²) in [7, 11) is 2.21. The minimum Gasteiger partial charge on any atom is -0.302 e. The van der Waals surface area contributed by atoms with Crippen molar-refractivity contribution in [3.8, 4) is 0 Å². The maximum Gasteiger partial charge on any atom is 0.0213 e. The van der Waals surface area contributed by atoms with Crippen LogP contribution < -0.4 is 0 Å². The summed E-state index contributed by atoms with van der Waals surface area (Å²) in [5, 5.41) is 2.96. The van der Waals surface area contributed by atoms with Gasteiger partial charge in [0.25, 0.3) is 0 Å². The maximum absolute atomic E-state index is 2.43. The average Bonchev–Trinajstić information content (AvgIpc) is 2.00. The normalized spacial score (nSPS) is 37.7. The predicted molar refractivity (Wildman–Crippen MR) is 52.9 cm³/mol. The molecule has 0 fully saturated rings. The van der Waals surface area contributed by atoms with E-state index in [1.165, 1.54) is 13.0 Å². The Bertz CT molecular complexity index is 144. The topological polar surface area (TPSA) is 3.24 Å². The second-order valence-corrected chi connectivity index (χ2v) is 4.51. The Morgan fingerprint density at radius 2 is 2.18 bits per heavy atom. The lowest BCUT2D eigenvalue weighted by atomic mass is 10.2. The summed E-state index contributed by atoms with van der Waals surface area (Å²) in [4.78, 5) is 2.43. The molecule has 2 heteroatoms. The van der Waals surface area contributed by atoms with Crippen LogP contribution in [0.1, 0.15) is 20.3 Å². The Balaban J connectivity index is 2.54. The van der Waals surface area contributed by atoms with E-state index in [4.69, 9.17) is 0 Å². The highest BCUT2D eigenvalue weighted by Crippen LogP contribution is 2.21. The third-order valence-corrected chi connectivity index (χ3v) is 3.59. The second-order valence-electron chi connectivity index (χ2n) is 3.22. The van der Waals surface area contributed by atoms with Gasteiger partial charge in [0.1, 0.15) is 0 Å². The van der Waals surface area contributed by atoms with Crippen molar-refractivity contribution in [1.29, 1.82) is 0 Å². The van der Waals surface area contributed by atoms with E-state index in [0.717, 1.165) is 5.25 Å². The molecule has 0 bridgehead atoms. The van der Waals surface area contributed by atoms with Gasteiger partial charge in [0, 0.05) is 17.8 Å². The monoisotopic (exact) mass is 171 g/mol. The van der Waals surface area contributed by atoms with Gasteiger partial charge in [-0.05, 0) is 25.8 Å². The highest BCUT2D eigenvalue weighted by Gasteiger charge is 2.16. The van der Waals surface area contributed by atoms with Crippen LogP contribution in [0.2, 0.25) is 0 Å². The van der Waals surface area contributed by atoms with E-state index in [-0.39, 0.29) is 0 Å². The van der Waals surface area contributed by atoms with Gasteiger partial charge < -0.3 is 4.90 Å². The quantitative estimate of drug-likeness (QED) is 0.550. The lowest BCUT2D eigenvalue weighted by Gasteiger charge is -2.29. The number of hydrogen-bond donors (Lipinski definition) is 0. The summed E-state index contributed by atoms with van der Waals surface area (Å²) >= 11 is 1.94. The number of rotatable bonds is 0. The van der Waals surface area contributed by atoms with Crippen molar-refractivity contribution in [2.24, 2.45) is 0 Å². The van der Waals surface area contributed by atoms with E-state index in [1.54, 1.807) is 0 Å². The van der Waals surface area contributed by atoms with E-state index in [2.05, 4.69) is 37.3 Å². The molecule has 64 valence electrons. The molecule has 11 heavy (non-hydrogen) atoms. The summed E-state index contributed by atoms with van der Waals surface area (Å²) in [5.74, 6) is 0. The van der Waals surface area contributed by atoms with Crippen molar-refractivity contribution in [2.75, 3.05) is 13.6 Å². The summed E-state index contributed by atoms with van der Waals surface area (Å²) in [5.41, 5.74) is 0. The first-order valence-electron chi connectivity index (χ1n) is 4.22. The SMILES string of the molecule is CC1S/C=C\CCN(C)C1C. The van der Waals surface area contributed by atoms with Crippen LogP contribution in [0.3, 0.4) is 0 Å². The van der Waals surface area contributed by atoms with E-state index >= 15 is 0 Å². The summed E-state index contributed by atoms with van der Waals surface area (Å²) in [6.07, 6.45) is 3.46. The van der Waals surface area contributed by atoms with Gasteiger partial charge in [-0.15, -0.1) is 11.8 Å². The van der Waals surface area contributed by atoms with Gasteiger partial charge in [-0.1, -0.05) is 13.0 Å². The van der Waals surface area contributed by atoms with Crippen molar-refractivity contribution in [3.05, 3.63) is 11.5 Å². The minimum atomic E-state index is 0.699. The molecule has 0 saturated carbocycles. The molecule has 1 nitrogen and oxygen atoms in total. The Morgan fingerprint density at radius 3 is 2.91 bits per heavy atom. The fourth-order valence-corrected chi connectivity index (χ4v) is 2.13. The molecular formula is C9H17NS. The van der Waals surface area contributed by atoms with Gasteiger partial charge >= 0.3 is 0 Å². The van der Waals surface area contributed by atoms with Crippen LogP contribution in [-0.4, -0.2) is 29.8 Å². The zero-order valence-electron chi connectivity index (χ0n) is 7.58. The lowest BCUT2D eigenvalue weighted by molar-refractivity contribution is 0.261. The number of nitrogens with zero attached hydrogens (tertiary/aromatic N) is 1. The average molecular weight is 171 g/mol. The fourth-order valence-electron chi connectivity index (χ4n) is 1.20. The van der Waals surface area contributed by atoms with Crippen LogP contribution in [0.15, 0.2) is 11.5 Å². The Hall–Kier alpha value is 0.0500. The van der Waals surface area contributed by atoms with E-state index < -0.39 is 0 Å². The summed E-state index contributed by atoms with van der Waals surface area (Å²) in [6, 6.07) is 0.699. The molecular weight excluding hydrogens is 154 g/mol. The molecule has 0 aromatic rings. The third-order valence-electron chi connectivity index (χ3n) is 2.41. The molecule has 1 aliphatic heterocycles. The summed E-state index contributed by atoms with van der Waals surface area (Å²) < 4.78 is 0. The third kappa shape index (κ3) is 2.53. The zero-order valence-corrected chi connectivity index (χ0v) is 8.40.